The molecule has 0 atom stereocenters. The summed E-state index contributed by atoms with van der Waals surface area (Å²) < 4.78 is 0. The number of hydrogen-bond donors (Lipinski definition) is 2. The molecule has 0 radical (unpaired) electrons. The number of nitrogens with zero attached hydrogens (tertiary/aromatic N) is 3. The molecule has 0 unspecified atom stereocenters. The van der Waals surface area contributed by atoms with Crippen LogP contribution in [0, 0.1) is 5.41 Å². The third-order valence-corrected chi connectivity index (χ3v) is 5.47. The molecule has 1 saturated heterocycles. The van der Waals surface area contributed by atoms with Crippen molar-refractivity contribution < 1.29 is 0 Å². The molecule has 1 aromatic heterocycles. The van der Waals surface area contributed by atoms with Crippen LogP contribution in [0.2, 0.25) is 0 Å². The zero-order chi connectivity index (χ0) is 16.7. The van der Waals surface area contributed by atoms with Crippen molar-refractivity contribution in [3.05, 3.63) is 28.8 Å². The molecule has 1 fully saturated rings. The number of nitrogens with one attached hydrogen (secondary N) is 1. The molecule has 5 heteroatoms. The number of hydrogen-bond acceptors (Lipinski definition) is 5. The second-order valence-corrected chi connectivity index (χ2v) is 7.00. The Morgan fingerprint density at radius 3 is 2.50 bits per heavy atom. The van der Waals surface area contributed by atoms with Gasteiger partial charge in [-0.1, -0.05) is 0 Å². The second-order valence-electron chi connectivity index (χ2n) is 7.00. The van der Waals surface area contributed by atoms with Gasteiger partial charge in [-0.05, 0) is 56.0 Å². The van der Waals surface area contributed by atoms with Gasteiger partial charge in [0.25, 0.3) is 0 Å². The van der Waals surface area contributed by atoms with Gasteiger partial charge in [0.1, 0.15) is 5.82 Å². The molecule has 1 aliphatic carbocycles. The lowest BCUT2D eigenvalue weighted by Gasteiger charge is -2.36. The predicted molar refractivity (Wildman–Crippen MR) is 100 cm³/mol. The van der Waals surface area contributed by atoms with Crippen molar-refractivity contribution >= 4 is 28.6 Å². The fraction of sp³-hybridized carbons (Fsp3) is 0.474. The predicted octanol–water partition coefficient (Wildman–Crippen LogP) is 2.45. The molecule has 1 aliphatic heterocycles. The van der Waals surface area contributed by atoms with Crippen LogP contribution in [-0.4, -0.2) is 49.3 Å². The molecule has 2 aromatic rings. The van der Waals surface area contributed by atoms with Crippen molar-refractivity contribution in [3.8, 4) is 0 Å². The molecule has 2 aliphatic rings. The highest BCUT2D eigenvalue weighted by molar-refractivity contribution is 6.05. The number of aromatic nitrogens is 1. The SMILES string of the molecule is CN1CCN(c2nc3ccc(N)c(C=N)c3c3c2CCCC3)CC1. The van der Waals surface area contributed by atoms with E-state index in [4.69, 9.17) is 16.1 Å². The Hall–Kier alpha value is -2.14. The third-order valence-electron chi connectivity index (χ3n) is 5.47. The summed E-state index contributed by atoms with van der Waals surface area (Å²) in [5.41, 5.74) is 11.4. The number of anilines is 2. The molecule has 0 spiro atoms. The van der Waals surface area contributed by atoms with Gasteiger partial charge in [-0.2, -0.15) is 0 Å². The van der Waals surface area contributed by atoms with Crippen molar-refractivity contribution in [3.63, 3.8) is 0 Å². The molecule has 0 bridgehead atoms. The van der Waals surface area contributed by atoms with Gasteiger partial charge >= 0.3 is 0 Å². The van der Waals surface area contributed by atoms with E-state index in [-0.39, 0.29) is 0 Å². The maximum atomic E-state index is 7.81. The average molecular weight is 323 g/mol. The number of rotatable bonds is 2. The lowest BCUT2D eigenvalue weighted by atomic mass is 9.87. The van der Waals surface area contributed by atoms with Crippen molar-refractivity contribution in [1.29, 1.82) is 5.41 Å². The molecular formula is C19H25N5. The lowest BCUT2D eigenvalue weighted by Crippen LogP contribution is -2.45. The van der Waals surface area contributed by atoms with Gasteiger partial charge in [0, 0.05) is 49.0 Å². The van der Waals surface area contributed by atoms with E-state index >= 15 is 0 Å². The van der Waals surface area contributed by atoms with Crippen LogP contribution in [0.25, 0.3) is 10.9 Å². The lowest BCUT2D eigenvalue weighted by molar-refractivity contribution is 0.312. The van der Waals surface area contributed by atoms with Gasteiger partial charge in [0.05, 0.1) is 5.52 Å². The Bertz CT molecular complexity index is 790. The fourth-order valence-electron chi connectivity index (χ4n) is 4.08. The smallest absolute Gasteiger partial charge is 0.132 e. The van der Waals surface area contributed by atoms with Crippen molar-refractivity contribution in [2.45, 2.75) is 25.7 Å². The summed E-state index contributed by atoms with van der Waals surface area (Å²) in [4.78, 5) is 9.86. The van der Waals surface area contributed by atoms with Gasteiger partial charge in [0.2, 0.25) is 0 Å². The minimum Gasteiger partial charge on any atom is -0.398 e. The zero-order valence-corrected chi connectivity index (χ0v) is 14.3. The molecule has 0 amide bonds. The Morgan fingerprint density at radius 2 is 1.79 bits per heavy atom. The normalized spacial score (nSPS) is 18.6. The minimum absolute atomic E-state index is 0.680. The Kier molecular flexibility index (Phi) is 3.88. The molecular weight excluding hydrogens is 298 g/mol. The van der Waals surface area contributed by atoms with Crippen LogP contribution in [0.15, 0.2) is 12.1 Å². The van der Waals surface area contributed by atoms with Crippen LogP contribution in [0.5, 0.6) is 0 Å². The van der Waals surface area contributed by atoms with Crippen molar-refractivity contribution in [2.24, 2.45) is 0 Å². The van der Waals surface area contributed by atoms with Crippen LogP contribution in [-0.2, 0) is 12.8 Å². The Morgan fingerprint density at radius 1 is 1.08 bits per heavy atom. The summed E-state index contributed by atoms with van der Waals surface area (Å²) in [5.74, 6) is 1.17. The van der Waals surface area contributed by atoms with E-state index in [2.05, 4.69) is 16.8 Å². The highest BCUT2D eigenvalue weighted by Gasteiger charge is 2.25. The van der Waals surface area contributed by atoms with E-state index in [0.29, 0.717) is 5.69 Å². The van der Waals surface area contributed by atoms with E-state index in [0.717, 1.165) is 55.5 Å². The molecule has 5 nitrogen and oxygen atoms in total. The number of benzene rings is 1. The number of pyridine rings is 1. The quantitative estimate of drug-likeness (QED) is 0.658. The molecule has 2 heterocycles. The minimum atomic E-state index is 0.680. The van der Waals surface area contributed by atoms with Gasteiger partial charge in [0.15, 0.2) is 0 Å². The fourth-order valence-corrected chi connectivity index (χ4v) is 4.08. The van der Waals surface area contributed by atoms with Crippen molar-refractivity contribution in [2.75, 3.05) is 43.9 Å². The van der Waals surface area contributed by atoms with Crippen LogP contribution in [0.4, 0.5) is 11.5 Å². The standard InChI is InChI=1S/C19H25N5/c1-23-8-10-24(11-9-23)19-14-5-3-2-4-13(14)18-15(12-20)16(21)6-7-17(18)22-19/h6-7,12,20H,2-5,8-11,21H2,1H3. The monoisotopic (exact) mass is 323 g/mol. The van der Waals surface area contributed by atoms with Crippen LogP contribution in [0.1, 0.15) is 29.5 Å². The maximum absolute atomic E-state index is 7.81. The summed E-state index contributed by atoms with van der Waals surface area (Å²) in [7, 11) is 2.18. The Balaban J connectivity index is 1.93. The first-order valence-corrected chi connectivity index (χ1v) is 8.87. The highest BCUT2D eigenvalue weighted by Crippen LogP contribution is 2.37. The summed E-state index contributed by atoms with van der Waals surface area (Å²) >= 11 is 0. The summed E-state index contributed by atoms with van der Waals surface area (Å²) in [6.07, 6.45) is 5.99. The number of aryl methyl sites for hydroxylation is 1. The average Bonchev–Trinajstić information content (AvgIpc) is 2.62. The molecule has 4 rings (SSSR count). The van der Waals surface area contributed by atoms with E-state index in [1.165, 1.54) is 36.0 Å². The topological polar surface area (TPSA) is 69.2 Å². The van der Waals surface area contributed by atoms with Gasteiger partial charge in [-0.25, -0.2) is 4.98 Å². The second kappa shape index (κ2) is 6.06. The van der Waals surface area contributed by atoms with Crippen LogP contribution < -0.4 is 10.6 Å². The third kappa shape index (κ3) is 2.44. The number of piperazine rings is 1. The Labute approximate surface area is 143 Å². The first kappa shape index (κ1) is 15.4. The zero-order valence-electron chi connectivity index (χ0n) is 14.3. The molecule has 0 saturated carbocycles. The summed E-state index contributed by atoms with van der Waals surface area (Å²) in [6, 6.07) is 3.91. The first-order chi connectivity index (χ1) is 11.7. The van der Waals surface area contributed by atoms with Crippen LogP contribution in [0.3, 0.4) is 0 Å². The van der Waals surface area contributed by atoms with Gasteiger partial charge in [-0.15, -0.1) is 0 Å². The van der Waals surface area contributed by atoms with E-state index in [9.17, 15) is 0 Å². The van der Waals surface area contributed by atoms with Crippen LogP contribution >= 0.6 is 0 Å². The number of likely N-dealkylation sites (N-methyl/N-ethyl adjacent to an activating group) is 1. The first-order valence-electron chi connectivity index (χ1n) is 8.87. The van der Waals surface area contributed by atoms with E-state index < -0.39 is 0 Å². The summed E-state index contributed by atoms with van der Waals surface area (Å²) in [5, 5.41) is 8.92. The molecule has 1 aromatic carbocycles. The summed E-state index contributed by atoms with van der Waals surface area (Å²) in [6.45, 7) is 4.24. The highest BCUT2D eigenvalue weighted by atomic mass is 15.3. The number of nitrogen functional groups attached to an aromatic ring is 1. The number of nitrogens with two attached hydrogens (primary N) is 1. The molecule has 24 heavy (non-hydrogen) atoms. The number of fused-ring (bicyclic) bond motifs is 3. The van der Waals surface area contributed by atoms with Crippen molar-refractivity contribution in [1.82, 2.24) is 9.88 Å². The van der Waals surface area contributed by atoms with E-state index in [1.807, 2.05) is 12.1 Å². The van der Waals surface area contributed by atoms with E-state index in [1.54, 1.807) is 0 Å². The van der Waals surface area contributed by atoms with Gasteiger partial charge in [-0.3, -0.25) is 0 Å². The largest absolute Gasteiger partial charge is 0.398 e. The maximum Gasteiger partial charge on any atom is 0.132 e. The molecule has 126 valence electrons. The van der Waals surface area contributed by atoms with Gasteiger partial charge < -0.3 is 20.9 Å². The molecule has 3 N–H and O–H groups in total.